The minimum Gasteiger partial charge on any atom is -0.493 e. The molecule has 4 aromatic rings. The van der Waals surface area contributed by atoms with E-state index < -0.39 is 17.6 Å². The number of rotatable bonds is 13. The number of methoxy groups -OCH3 is 7. The maximum absolute atomic E-state index is 13.5. The lowest BCUT2D eigenvalue weighted by Crippen LogP contribution is -2.08. The molecule has 0 fully saturated rings. The first-order chi connectivity index (χ1) is 22.1. The molecule has 4 rings (SSSR count). The van der Waals surface area contributed by atoms with Crippen LogP contribution in [0.2, 0.25) is 0 Å². The average Bonchev–Trinajstić information content (AvgIpc) is 3.04. The molecule has 3 aromatic carbocycles. The number of carbonyl (C=O) groups is 2. The van der Waals surface area contributed by atoms with Crippen LogP contribution in [0, 0.1) is 0 Å². The number of benzene rings is 3. The lowest BCUT2D eigenvalue weighted by Gasteiger charge is -2.22. The van der Waals surface area contributed by atoms with Gasteiger partial charge >= 0.3 is 17.6 Å². The van der Waals surface area contributed by atoms with Crippen molar-refractivity contribution < 1.29 is 61.4 Å². The van der Waals surface area contributed by atoms with E-state index in [1.54, 1.807) is 12.1 Å². The second-order valence-corrected chi connectivity index (χ2v) is 9.52. The van der Waals surface area contributed by atoms with E-state index in [4.69, 9.17) is 51.8 Å². The summed E-state index contributed by atoms with van der Waals surface area (Å²) in [4.78, 5) is 37.2. The Balaban J connectivity index is 2.15. The van der Waals surface area contributed by atoms with Gasteiger partial charge in [0, 0.05) is 35.7 Å². The Kier molecular flexibility index (Phi) is 10.2. The minimum absolute atomic E-state index is 0.00677. The van der Waals surface area contributed by atoms with E-state index in [1.807, 2.05) is 0 Å². The van der Waals surface area contributed by atoms with E-state index in [0.717, 1.165) is 0 Å². The number of ether oxygens (including phenoxy) is 10. The lowest BCUT2D eigenvalue weighted by molar-refractivity contribution is -0.143. The number of fused-ring (bicyclic) bond motifs is 3. The van der Waals surface area contributed by atoms with Gasteiger partial charge in [0.25, 0.3) is 0 Å². The summed E-state index contributed by atoms with van der Waals surface area (Å²) in [6.07, 6.45) is 0. The molecule has 0 spiro atoms. The normalized spacial score (nSPS) is 10.7. The molecule has 0 aliphatic rings. The van der Waals surface area contributed by atoms with Crippen molar-refractivity contribution in [1.29, 1.82) is 0 Å². The Morgan fingerprint density at radius 3 is 1.59 bits per heavy atom. The number of carbonyl (C=O) groups excluding carboxylic acids is 2. The highest BCUT2D eigenvalue weighted by Crippen LogP contribution is 2.52. The van der Waals surface area contributed by atoms with E-state index in [-0.39, 0.29) is 81.3 Å². The average molecular weight is 643 g/mol. The Bertz CT molecular complexity index is 1860. The number of hydrogen-bond acceptors (Lipinski definition) is 14. The first-order valence-corrected chi connectivity index (χ1v) is 13.6. The molecule has 14 nitrogen and oxygen atoms in total. The first kappa shape index (κ1) is 33.4. The molecular formula is C32H34O14. The zero-order valence-corrected chi connectivity index (χ0v) is 26.9. The summed E-state index contributed by atoms with van der Waals surface area (Å²) >= 11 is 0. The maximum Gasteiger partial charge on any atom is 0.344 e. The fourth-order valence-electron chi connectivity index (χ4n) is 5.00. The van der Waals surface area contributed by atoms with Gasteiger partial charge in [0.05, 0.1) is 55.2 Å². The van der Waals surface area contributed by atoms with E-state index in [2.05, 4.69) is 0 Å². The van der Waals surface area contributed by atoms with Gasteiger partial charge in [0.15, 0.2) is 34.3 Å². The van der Waals surface area contributed by atoms with Crippen LogP contribution in [-0.4, -0.2) is 61.7 Å². The highest BCUT2D eigenvalue weighted by atomic mass is 16.6. The van der Waals surface area contributed by atoms with Crippen LogP contribution in [0.1, 0.15) is 25.0 Å². The largest absolute Gasteiger partial charge is 0.493 e. The summed E-state index contributed by atoms with van der Waals surface area (Å²) < 4.78 is 62.1. The van der Waals surface area contributed by atoms with Crippen molar-refractivity contribution in [3.8, 4) is 51.7 Å². The smallest absolute Gasteiger partial charge is 0.344 e. The second-order valence-electron chi connectivity index (χ2n) is 9.52. The van der Waals surface area contributed by atoms with Crippen LogP contribution in [0.5, 0.6) is 51.7 Å². The van der Waals surface area contributed by atoms with E-state index in [1.165, 1.54) is 69.7 Å². The third-order valence-electron chi connectivity index (χ3n) is 6.92. The molecule has 0 aliphatic carbocycles. The van der Waals surface area contributed by atoms with Crippen LogP contribution < -0.4 is 43.5 Å². The molecule has 0 saturated carbocycles. The molecule has 0 saturated heterocycles. The molecule has 0 atom stereocenters. The zero-order chi connectivity index (χ0) is 33.7. The highest BCUT2D eigenvalue weighted by molar-refractivity contribution is 6.13. The van der Waals surface area contributed by atoms with Gasteiger partial charge in [-0.15, -0.1) is 0 Å². The molecule has 0 bridgehead atoms. The fourth-order valence-corrected chi connectivity index (χ4v) is 5.00. The Morgan fingerprint density at radius 2 is 1.07 bits per heavy atom. The van der Waals surface area contributed by atoms with E-state index >= 15 is 0 Å². The summed E-state index contributed by atoms with van der Waals surface area (Å²) in [5.41, 5.74) is -0.117. The van der Waals surface area contributed by atoms with Crippen molar-refractivity contribution in [2.45, 2.75) is 27.1 Å². The molecule has 0 amide bonds. The summed E-state index contributed by atoms with van der Waals surface area (Å²) in [7, 11) is 9.86. The summed E-state index contributed by atoms with van der Waals surface area (Å²) in [5, 5.41) is 0.710. The Morgan fingerprint density at radius 1 is 0.565 bits per heavy atom. The predicted molar refractivity (Wildman–Crippen MR) is 163 cm³/mol. The van der Waals surface area contributed by atoms with Crippen molar-refractivity contribution in [2.24, 2.45) is 0 Å². The zero-order valence-electron chi connectivity index (χ0n) is 26.9. The predicted octanol–water partition coefficient (Wildman–Crippen LogP) is 4.92. The molecule has 46 heavy (non-hydrogen) atoms. The fraction of sp³-hybridized carbons (Fsp3) is 0.344. The molecule has 1 aromatic heterocycles. The van der Waals surface area contributed by atoms with Crippen molar-refractivity contribution in [2.75, 3.05) is 49.8 Å². The van der Waals surface area contributed by atoms with Gasteiger partial charge < -0.3 is 51.8 Å². The van der Waals surface area contributed by atoms with Gasteiger partial charge in [-0.1, -0.05) is 0 Å². The van der Waals surface area contributed by atoms with Crippen LogP contribution in [-0.2, 0) is 32.3 Å². The minimum atomic E-state index is -0.755. The van der Waals surface area contributed by atoms with Crippen molar-refractivity contribution in [1.82, 2.24) is 0 Å². The van der Waals surface area contributed by atoms with E-state index in [0.29, 0.717) is 16.5 Å². The highest BCUT2D eigenvalue weighted by Gasteiger charge is 2.29. The third kappa shape index (κ3) is 6.05. The second kappa shape index (κ2) is 14.1. The van der Waals surface area contributed by atoms with Gasteiger partial charge in [-0.05, 0) is 18.2 Å². The van der Waals surface area contributed by atoms with Crippen molar-refractivity contribution in [3.05, 3.63) is 39.7 Å². The molecule has 246 valence electrons. The Labute approximate surface area is 263 Å². The topological polar surface area (TPSA) is 157 Å². The van der Waals surface area contributed by atoms with Gasteiger partial charge in [-0.3, -0.25) is 9.59 Å². The van der Waals surface area contributed by atoms with Crippen LogP contribution in [0.15, 0.2) is 27.4 Å². The summed E-state index contributed by atoms with van der Waals surface area (Å²) in [6, 6.07) is 4.57. The molecule has 0 radical (unpaired) electrons. The van der Waals surface area contributed by atoms with Crippen LogP contribution in [0.25, 0.3) is 21.7 Å². The van der Waals surface area contributed by atoms with Gasteiger partial charge in [0.1, 0.15) is 13.2 Å². The summed E-state index contributed by atoms with van der Waals surface area (Å²) in [6.45, 7) is 2.02. The molecule has 0 N–H and O–H groups in total. The molecule has 0 aliphatic heterocycles. The number of esters is 2. The van der Waals surface area contributed by atoms with Crippen molar-refractivity contribution in [3.63, 3.8) is 0 Å². The lowest BCUT2D eigenvalue weighted by atomic mass is 10.00. The van der Waals surface area contributed by atoms with Crippen LogP contribution in [0.3, 0.4) is 0 Å². The van der Waals surface area contributed by atoms with Gasteiger partial charge in [-0.2, -0.15) is 0 Å². The molecule has 0 unspecified atom stereocenters. The SMILES string of the molecule is COc1cc(COC(C)=O)c(Oc2cc(COC(C)=O)c3c(oc(=O)c4cc(OC)c(OC)c(OC)c43)c2OC)c(OC)c1OC. The standard InChI is InChI=1S/C32H34O14/c1-15(33)43-13-17-10-22(45-25-18(14-44-16(2)34)11-20(36-3)27(39-6)31(25)42-9)28(40-7)30-23(17)24-19(32(35)46-30)12-21(37-4)26(38-5)29(24)41-8/h10-12H,13-14H2,1-9H3. The monoisotopic (exact) mass is 642 g/mol. The first-order valence-electron chi connectivity index (χ1n) is 13.6. The molecule has 1 heterocycles. The maximum atomic E-state index is 13.5. The van der Waals surface area contributed by atoms with Crippen LogP contribution >= 0.6 is 0 Å². The van der Waals surface area contributed by atoms with Gasteiger partial charge in [-0.25, -0.2) is 4.79 Å². The molecule has 14 heteroatoms. The third-order valence-corrected chi connectivity index (χ3v) is 6.92. The van der Waals surface area contributed by atoms with Crippen LogP contribution in [0.4, 0.5) is 0 Å². The van der Waals surface area contributed by atoms with Crippen molar-refractivity contribution >= 4 is 33.7 Å². The summed E-state index contributed by atoms with van der Waals surface area (Å²) in [5.74, 6) is 0.168. The van der Waals surface area contributed by atoms with Gasteiger partial charge in [0.2, 0.25) is 23.0 Å². The molecular weight excluding hydrogens is 608 g/mol. The number of hydrogen-bond donors (Lipinski definition) is 0. The Hall–Kier alpha value is -5.53. The quantitative estimate of drug-likeness (QED) is 0.110. The van der Waals surface area contributed by atoms with E-state index in [9.17, 15) is 14.4 Å².